The number of ether oxygens (including phenoxy) is 3. The molecular formula is C17H17ClN2O4. The smallest absolute Gasteiger partial charge is 0.243 e. The van der Waals surface area contributed by atoms with Gasteiger partial charge in [0.1, 0.15) is 19.0 Å². The van der Waals surface area contributed by atoms with Crippen molar-refractivity contribution >= 4 is 28.9 Å². The first-order chi connectivity index (χ1) is 11.7. The highest BCUT2D eigenvalue weighted by molar-refractivity contribution is 6.32. The molecule has 1 aliphatic heterocycles. The van der Waals surface area contributed by atoms with Gasteiger partial charge in [0.25, 0.3) is 0 Å². The maximum absolute atomic E-state index is 12.1. The van der Waals surface area contributed by atoms with Gasteiger partial charge in [0.15, 0.2) is 11.5 Å². The fourth-order valence-electron chi connectivity index (χ4n) is 2.28. The van der Waals surface area contributed by atoms with Gasteiger partial charge in [0, 0.05) is 17.4 Å². The minimum Gasteiger partial charge on any atom is -0.495 e. The fraction of sp³-hybridized carbons (Fsp3) is 0.235. The van der Waals surface area contributed by atoms with E-state index in [4.69, 9.17) is 25.8 Å². The molecule has 0 radical (unpaired) electrons. The number of nitrogens with one attached hydrogen (secondary N) is 2. The van der Waals surface area contributed by atoms with Gasteiger partial charge in [-0.15, -0.1) is 0 Å². The summed E-state index contributed by atoms with van der Waals surface area (Å²) in [5.41, 5.74) is 1.39. The Morgan fingerprint density at radius 2 is 1.88 bits per heavy atom. The lowest BCUT2D eigenvalue weighted by Gasteiger charge is -2.19. The molecule has 7 heteroatoms. The second-order valence-electron chi connectivity index (χ2n) is 5.11. The van der Waals surface area contributed by atoms with E-state index in [9.17, 15) is 4.79 Å². The van der Waals surface area contributed by atoms with E-state index < -0.39 is 0 Å². The molecule has 0 bridgehead atoms. The molecule has 1 amide bonds. The van der Waals surface area contributed by atoms with Crippen LogP contribution in [0, 0.1) is 0 Å². The number of hydrogen-bond donors (Lipinski definition) is 2. The normalized spacial score (nSPS) is 12.4. The third-order valence-electron chi connectivity index (χ3n) is 3.43. The summed E-state index contributed by atoms with van der Waals surface area (Å²) >= 11 is 6.05. The third-order valence-corrected chi connectivity index (χ3v) is 3.73. The van der Waals surface area contributed by atoms with E-state index >= 15 is 0 Å². The molecule has 1 heterocycles. The van der Waals surface area contributed by atoms with Crippen molar-refractivity contribution in [3.63, 3.8) is 0 Å². The second kappa shape index (κ2) is 7.31. The van der Waals surface area contributed by atoms with Gasteiger partial charge in [-0.2, -0.15) is 0 Å². The van der Waals surface area contributed by atoms with E-state index in [1.54, 1.807) is 43.5 Å². The summed E-state index contributed by atoms with van der Waals surface area (Å²) < 4.78 is 16.0. The Bertz CT molecular complexity index is 751. The molecule has 0 spiro atoms. The predicted molar refractivity (Wildman–Crippen MR) is 92.6 cm³/mol. The maximum atomic E-state index is 12.1. The molecule has 0 fully saturated rings. The molecule has 0 atom stereocenters. The maximum Gasteiger partial charge on any atom is 0.243 e. The summed E-state index contributed by atoms with van der Waals surface area (Å²) in [4.78, 5) is 12.1. The molecule has 0 unspecified atom stereocenters. The molecule has 0 aliphatic carbocycles. The van der Waals surface area contributed by atoms with Gasteiger partial charge >= 0.3 is 0 Å². The Kier molecular flexibility index (Phi) is 4.96. The number of rotatable bonds is 5. The average Bonchev–Trinajstić information content (AvgIpc) is 2.60. The summed E-state index contributed by atoms with van der Waals surface area (Å²) in [5.74, 6) is 1.72. The first kappa shape index (κ1) is 16.3. The molecule has 2 N–H and O–H groups in total. The van der Waals surface area contributed by atoms with E-state index in [0.29, 0.717) is 41.2 Å². The van der Waals surface area contributed by atoms with Crippen LogP contribution in [-0.4, -0.2) is 32.8 Å². The summed E-state index contributed by atoms with van der Waals surface area (Å²) in [5, 5.41) is 6.30. The Labute approximate surface area is 144 Å². The molecule has 6 nitrogen and oxygen atoms in total. The second-order valence-corrected chi connectivity index (χ2v) is 5.52. The number of carbonyl (C=O) groups excluding carboxylic acids is 1. The monoisotopic (exact) mass is 348 g/mol. The number of methoxy groups -OCH3 is 1. The van der Waals surface area contributed by atoms with Crippen molar-refractivity contribution in [3.05, 3.63) is 41.4 Å². The van der Waals surface area contributed by atoms with Crippen molar-refractivity contribution in [3.8, 4) is 17.2 Å². The van der Waals surface area contributed by atoms with Crippen molar-refractivity contribution in [2.24, 2.45) is 0 Å². The number of halogens is 1. The third kappa shape index (κ3) is 3.83. The first-order valence-corrected chi connectivity index (χ1v) is 7.80. The first-order valence-electron chi connectivity index (χ1n) is 7.42. The Hall–Kier alpha value is -2.60. The molecular weight excluding hydrogens is 332 g/mol. The summed E-state index contributed by atoms with van der Waals surface area (Å²) in [6.07, 6.45) is 0. The molecule has 126 valence electrons. The van der Waals surface area contributed by atoms with E-state index in [1.165, 1.54) is 0 Å². The molecule has 0 saturated carbocycles. The van der Waals surface area contributed by atoms with Gasteiger partial charge in [0.2, 0.25) is 5.91 Å². The van der Waals surface area contributed by atoms with Crippen LogP contribution in [0.5, 0.6) is 17.2 Å². The zero-order valence-electron chi connectivity index (χ0n) is 13.1. The van der Waals surface area contributed by atoms with Crippen LogP contribution in [0.25, 0.3) is 0 Å². The Balaban J connectivity index is 1.57. The minimum atomic E-state index is -0.182. The van der Waals surface area contributed by atoms with Crippen LogP contribution >= 0.6 is 11.6 Å². The molecule has 0 aromatic heterocycles. The van der Waals surface area contributed by atoms with Crippen molar-refractivity contribution in [1.29, 1.82) is 0 Å². The van der Waals surface area contributed by atoms with Gasteiger partial charge in [-0.1, -0.05) is 11.6 Å². The lowest BCUT2D eigenvalue weighted by Crippen LogP contribution is -2.22. The average molecular weight is 349 g/mol. The highest BCUT2D eigenvalue weighted by atomic mass is 35.5. The van der Waals surface area contributed by atoms with Gasteiger partial charge in [-0.05, 0) is 30.3 Å². The summed E-state index contributed by atoms with van der Waals surface area (Å²) in [7, 11) is 1.55. The molecule has 2 aromatic rings. The fourth-order valence-corrected chi connectivity index (χ4v) is 2.54. The zero-order valence-corrected chi connectivity index (χ0v) is 13.9. The van der Waals surface area contributed by atoms with Crippen LogP contribution < -0.4 is 24.8 Å². The van der Waals surface area contributed by atoms with Crippen molar-refractivity contribution < 1.29 is 19.0 Å². The zero-order chi connectivity index (χ0) is 16.9. The number of amides is 1. The Morgan fingerprint density at radius 1 is 1.12 bits per heavy atom. The summed E-state index contributed by atoms with van der Waals surface area (Å²) in [6.45, 7) is 1.15. The van der Waals surface area contributed by atoms with Gasteiger partial charge in [-0.25, -0.2) is 0 Å². The number of benzene rings is 2. The van der Waals surface area contributed by atoms with Crippen molar-refractivity contribution in [2.75, 3.05) is 37.5 Å². The number of carbonyl (C=O) groups is 1. The SMILES string of the molecule is COc1ccc(NCC(=O)Nc2ccc3c(c2)OCCO3)cc1Cl. The van der Waals surface area contributed by atoms with E-state index in [2.05, 4.69) is 10.6 Å². The Morgan fingerprint density at radius 3 is 2.62 bits per heavy atom. The van der Waals surface area contributed by atoms with Crippen molar-refractivity contribution in [2.45, 2.75) is 0 Å². The number of fused-ring (bicyclic) bond motifs is 1. The van der Waals surface area contributed by atoms with Crippen LogP contribution in [0.15, 0.2) is 36.4 Å². The van der Waals surface area contributed by atoms with Gasteiger partial charge in [0.05, 0.1) is 18.7 Å². The van der Waals surface area contributed by atoms with E-state index in [-0.39, 0.29) is 12.5 Å². The minimum absolute atomic E-state index is 0.108. The molecule has 2 aromatic carbocycles. The molecule has 0 saturated heterocycles. The summed E-state index contributed by atoms with van der Waals surface area (Å²) in [6, 6.07) is 10.5. The van der Waals surface area contributed by atoms with E-state index in [1.807, 2.05) is 0 Å². The lowest BCUT2D eigenvalue weighted by atomic mass is 10.2. The molecule has 24 heavy (non-hydrogen) atoms. The molecule has 1 aliphatic rings. The topological polar surface area (TPSA) is 68.8 Å². The van der Waals surface area contributed by atoms with Crippen LogP contribution in [0.4, 0.5) is 11.4 Å². The highest BCUT2D eigenvalue weighted by Gasteiger charge is 2.12. The number of hydrogen-bond acceptors (Lipinski definition) is 5. The van der Waals surface area contributed by atoms with Crippen LogP contribution in [-0.2, 0) is 4.79 Å². The molecule has 3 rings (SSSR count). The standard InChI is InChI=1S/C17H17ClN2O4/c1-22-14-4-2-11(8-13(14)18)19-10-17(21)20-12-3-5-15-16(9-12)24-7-6-23-15/h2-5,8-9,19H,6-7,10H2,1H3,(H,20,21). The van der Waals surface area contributed by atoms with Gasteiger partial charge < -0.3 is 24.8 Å². The van der Waals surface area contributed by atoms with E-state index in [0.717, 1.165) is 5.69 Å². The predicted octanol–water partition coefficient (Wildman–Crippen LogP) is 3.17. The van der Waals surface area contributed by atoms with Crippen LogP contribution in [0.3, 0.4) is 0 Å². The quantitative estimate of drug-likeness (QED) is 0.868. The van der Waals surface area contributed by atoms with Crippen LogP contribution in [0.1, 0.15) is 0 Å². The van der Waals surface area contributed by atoms with Crippen molar-refractivity contribution in [1.82, 2.24) is 0 Å². The highest BCUT2D eigenvalue weighted by Crippen LogP contribution is 2.32. The van der Waals surface area contributed by atoms with Gasteiger partial charge in [-0.3, -0.25) is 4.79 Å². The number of anilines is 2. The lowest BCUT2D eigenvalue weighted by molar-refractivity contribution is -0.114. The van der Waals surface area contributed by atoms with Crippen LogP contribution in [0.2, 0.25) is 5.02 Å². The largest absolute Gasteiger partial charge is 0.495 e.